The molecule has 6 heteroatoms. The van der Waals surface area contributed by atoms with E-state index in [4.69, 9.17) is 5.73 Å². The van der Waals surface area contributed by atoms with Crippen molar-refractivity contribution in [3.8, 4) is 0 Å². The summed E-state index contributed by atoms with van der Waals surface area (Å²) in [4.78, 5) is 8.21. The van der Waals surface area contributed by atoms with Crippen LogP contribution in [0.4, 0.5) is 5.82 Å². The van der Waals surface area contributed by atoms with Gasteiger partial charge in [0.1, 0.15) is 12.1 Å². The second kappa shape index (κ2) is 3.91. The van der Waals surface area contributed by atoms with E-state index in [0.717, 1.165) is 30.3 Å². The molecule has 0 aliphatic heterocycles. The number of aromatic nitrogens is 4. The normalized spacial score (nSPS) is 28.7. The molecule has 1 saturated carbocycles. The predicted octanol–water partition coefficient (Wildman–Crippen LogP) is 1.27. The second-order valence-electron chi connectivity index (χ2n) is 5.33. The largest absolute Gasteiger partial charge is 0.390 e. The Hall–Kier alpha value is -1.69. The Morgan fingerprint density at radius 2 is 2.33 bits per heavy atom. The van der Waals surface area contributed by atoms with E-state index in [2.05, 4.69) is 15.1 Å². The smallest absolute Gasteiger partial charge is 0.163 e. The van der Waals surface area contributed by atoms with Gasteiger partial charge in [0.15, 0.2) is 5.65 Å². The Kier molecular flexibility index (Phi) is 2.48. The molecule has 96 valence electrons. The fraction of sp³-hybridized carbons (Fsp3) is 0.583. The van der Waals surface area contributed by atoms with Gasteiger partial charge in [0.25, 0.3) is 0 Å². The summed E-state index contributed by atoms with van der Waals surface area (Å²) in [6, 6.07) is 0.181. The van der Waals surface area contributed by atoms with Crippen LogP contribution in [0.1, 0.15) is 38.6 Å². The van der Waals surface area contributed by atoms with Crippen LogP contribution < -0.4 is 5.73 Å². The molecule has 0 radical (unpaired) electrons. The summed E-state index contributed by atoms with van der Waals surface area (Å²) in [5.74, 6) is 0.453. The Bertz CT molecular complexity index is 577. The molecule has 0 amide bonds. The molecule has 2 unspecified atom stereocenters. The molecular weight excluding hydrogens is 230 g/mol. The van der Waals surface area contributed by atoms with Crippen LogP contribution in [0.5, 0.6) is 0 Å². The number of hydrogen-bond donors (Lipinski definition) is 2. The topological polar surface area (TPSA) is 89.8 Å². The van der Waals surface area contributed by atoms with Crippen molar-refractivity contribution in [1.29, 1.82) is 0 Å². The number of nitrogens with two attached hydrogens (primary N) is 1. The zero-order valence-electron chi connectivity index (χ0n) is 10.4. The number of nitrogens with zero attached hydrogens (tertiary/aromatic N) is 4. The van der Waals surface area contributed by atoms with E-state index in [0.29, 0.717) is 12.2 Å². The molecule has 2 heterocycles. The van der Waals surface area contributed by atoms with E-state index in [-0.39, 0.29) is 6.04 Å². The van der Waals surface area contributed by atoms with Crippen LogP contribution in [0.2, 0.25) is 0 Å². The van der Waals surface area contributed by atoms with Gasteiger partial charge in [0.05, 0.1) is 23.2 Å². The van der Waals surface area contributed by atoms with Crippen molar-refractivity contribution in [2.75, 3.05) is 5.73 Å². The summed E-state index contributed by atoms with van der Waals surface area (Å²) in [6.07, 6.45) is 6.72. The molecule has 3 rings (SSSR count). The van der Waals surface area contributed by atoms with Crippen LogP contribution in [0.25, 0.3) is 11.0 Å². The van der Waals surface area contributed by atoms with Crippen molar-refractivity contribution in [1.82, 2.24) is 19.7 Å². The van der Waals surface area contributed by atoms with Crippen LogP contribution in [0.15, 0.2) is 12.5 Å². The Labute approximate surface area is 105 Å². The maximum absolute atomic E-state index is 10.2. The van der Waals surface area contributed by atoms with Crippen LogP contribution in [-0.2, 0) is 0 Å². The minimum Gasteiger partial charge on any atom is -0.390 e. The van der Waals surface area contributed by atoms with E-state index in [1.807, 2.05) is 11.6 Å². The second-order valence-corrected chi connectivity index (χ2v) is 5.33. The van der Waals surface area contributed by atoms with Crippen LogP contribution >= 0.6 is 0 Å². The summed E-state index contributed by atoms with van der Waals surface area (Å²) < 4.78 is 1.88. The number of fused-ring (bicyclic) bond motifs is 1. The SMILES string of the molecule is CC1(O)CCCC(n2ncc3c(N)ncnc32)C1. The molecule has 1 aliphatic carbocycles. The van der Waals surface area contributed by atoms with Crippen molar-refractivity contribution in [2.45, 2.75) is 44.2 Å². The van der Waals surface area contributed by atoms with Crippen LogP contribution in [-0.4, -0.2) is 30.5 Å². The molecule has 1 fully saturated rings. The zero-order valence-corrected chi connectivity index (χ0v) is 10.4. The summed E-state index contributed by atoms with van der Waals surface area (Å²) in [5.41, 5.74) is 5.94. The van der Waals surface area contributed by atoms with Crippen molar-refractivity contribution in [3.63, 3.8) is 0 Å². The van der Waals surface area contributed by atoms with Gasteiger partial charge in [-0.25, -0.2) is 14.6 Å². The molecule has 0 bridgehead atoms. The van der Waals surface area contributed by atoms with Gasteiger partial charge in [-0.15, -0.1) is 0 Å². The Balaban J connectivity index is 2.02. The van der Waals surface area contributed by atoms with Crippen molar-refractivity contribution >= 4 is 16.9 Å². The molecule has 2 atom stereocenters. The number of anilines is 1. The highest BCUT2D eigenvalue weighted by atomic mass is 16.3. The van der Waals surface area contributed by atoms with Gasteiger partial charge in [-0.3, -0.25) is 0 Å². The summed E-state index contributed by atoms with van der Waals surface area (Å²) in [6.45, 7) is 1.88. The van der Waals surface area contributed by atoms with Gasteiger partial charge >= 0.3 is 0 Å². The van der Waals surface area contributed by atoms with Gasteiger partial charge in [-0.2, -0.15) is 5.10 Å². The fourth-order valence-corrected chi connectivity index (χ4v) is 2.79. The lowest BCUT2D eigenvalue weighted by atomic mass is 9.83. The average Bonchev–Trinajstić information content (AvgIpc) is 2.73. The van der Waals surface area contributed by atoms with Crippen molar-refractivity contribution in [3.05, 3.63) is 12.5 Å². The summed E-state index contributed by atoms with van der Waals surface area (Å²) in [5, 5.41) is 15.3. The third kappa shape index (κ3) is 1.82. The highest BCUT2D eigenvalue weighted by molar-refractivity contribution is 5.84. The standard InChI is InChI=1S/C12H17N5O/c1-12(18)4-2-3-8(5-12)17-11-9(6-16-17)10(13)14-7-15-11/h6-8,18H,2-5H2,1H3,(H2,13,14,15). The van der Waals surface area contributed by atoms with Gasteiger partial charge in [-0.05, 0) is 32.6 Å². The minimum atomic E-state index is -0.611. The van der Waals surface area contributed by atoms with Crippen molar-refractivity contribution in [2.24, 2.45) is 0 Å². The number of aliphatic hydroxyl groups is 1. The quantitative estimate of drug-likeness (QED) is 0.792. The monoisotopic (exact) mass is 247 g/mol. The lowest BCUT2D eigenvalue weighted by molar-refractivity contribution is 0.00250. The molecule has 6 nitrogen and oxygen atoms in total. The molecule has 2 aromatic heterocycles. The third-order valence-corrected chi connectivity index (χ3v) is 3.70. The van der Waals surface area contributed by atoms with E-state index in [1.165, 1.54) is 6.33 Å². The maximum Gasteiger partial charge on any atom is 0.163 e. The van der Waals surface area contributed by atoms with E-state index in [1.54, 1.807) is 6.20 Å². The summed E-state index contributed by atoms with van der Waals surface area (Å²) in [7, 11) is 0. The van der Waals surface area contributed by atoms with Crippen LogP contribution in [0.3, 0.4) is 0 Å². The number of hydrogen-bond acceptors (Lipinski definition) is 5. The van der Waals surface area contributed by atoms with Gasteiger partial charge in [-0.1, -0.05) is 0 Å². The lowest BCUT2D eigenvalue weighted by Crippen LogP contribution is -2.33. The first kappa shape index (κ1) is 11.4. The Morgan fingerprint density at radius 1 is 1.50 bits per heavy atom. The molecule has 18 heavy (non-hydrogen) atoms. The molecule has 0 saturated heterocycles. The molecular formula is C12H17N5O. The highest BCUT2D eigenvalue weighted by Crippen LogP contribution is 2.36. The highest BCUT2D eigenvalue weighted by Gasteiger charge is 2.32. The Morgan fingerprint density at radius 3 is 3.11 bits per heavy atom. The first-order valence-electron chi connectivity index (χ1n) is 6.23. The van der Waals surface area contributed by atoms with Crippen LogP contribution in [0, 0.1) is 0 Å². The zero-order chi connectivity index (χ0) is 12.8. The minimum absolute atomic E-state index is 0.181. The lowest BCUT2D eigenvalue weighted by Gasteiger charge is -2.34. The van der Waals surface area contributed by atoms with E-state index >= 15 is 0 Å². The van der Waals surface area contributed by atoms with E-state index in [9.17, 15) is 5.11 Å². The van der Waals surface area contributed by atoms with E-state index < -0.39 is 5.60 Å². The van der Waals surface area contributed by atoms with Gasteiger partial charge < -0.3 is 10.8 Å². The molecule has 0 aromatic carbocycles. The maximum atomic E-state index is 10.2. The predicted molar refractivity (Wildman–Crippen MR) is 67.9 cm³/mol. The van der Waals surface area contributed by atoms with Gasteiger partial charge in [0, 0.05) is 0 Å². The number of nitrogen functional groups attached to an aromatic ring is 1. The first-order chi connectivity index (χ1) is 8.57. The summed E-state index contributed by atoms with van der Waals surface area (Å²) >= 11 is 0. The van der Waals surface area contributed by atoms with Crippen molar-refractivity contribution < 1.29 is 5.11 Å². The fourth-order valence-electron chi connectivity index (χ4n) is 2.79. The molecule has 0 spiro atoms. The van der Waals surface area contributed by atoms with Gasteiger partial charge in [0.2, 0.25) is 0 Å². The average molecular weight is 247 g/mol. The molecule has 1 aliphatic rings. The third-order valence-electron chi connectivity index (χ3n) is 3.70. The molecule has 2 aromatic rings. The first-order valence-corrected chi connectivity index (χ1v) is 6.23. The number of rotatable bonds is 1. The molecule has 3 N–H and O–H groups in total.